The van der Waals surface area contributed by atoms with Crippen LogP contribution in [0.25, 0.3) is 0 Å². The molecule has 0 saturated heterocycles. The molecule has 10 spiro atoms. The van der Waals surface area contributed by atoms with Gasteiger partial charge in [-0.25, -0.2) is 0 Å². The number of hydrogen-bond acceptors (Lipinski definition) is 1. The van der Waals surface area contributed by atoms with Crippen LogP contribution in [0.1, 0.15) is 6.42 Å². The smallest absolute Gasteiger partial charge is 0.252 e. The quantitative estimate of drug-likeness (QED) is 0.831. The van der Waals surface area contributed by atoms with E-state index in [2.05, 4.69) is 5.32 Å². The largest absolute Gasteiger partial charge is 0.322 e. The Hall–Kier alpha value is -1.14. The lowest BCUT2D eigenvalue weighted by Gasteiger charge is -2.16. The Bertz CT molecular complexity index is 1340. The van der Waals surface area contributed by atoms with Crippen LogP contribution >= 0.6 is 8.20 Å². The predicted molar refractivity (Wildman–Crippen MR) is 92.3 cm³/mol. The molecule has 122 valence electrons. The summed E-state index contributed by atoms with van der Waals surface area (Å²) in [5.74, 6) is 5.43. The number of benzene rings is 1. The van der Waals surface area contributed by atoms with Gasteiger partial charge in [-0.05, 0) is 96.6 Å². The van der Waals surface area contributed by atoms with Crippen LogP contribution in [0.15, 0.2) is 30.3 Å². The Morgan fingerprint density at radius 2 is 1.88 bits per heavy atom. The number of amides is 1. The summed E-state index contributed by atoms with van der Waals surface area (Å²) >= 11 is 0. The maximum absolute atomic E-state index is 12.1. The minimum Gasteiger partial charge on any atom is -0.322 e. The van der Waals surface area contributed by atoms with E-state index < -0.39 is 0 Å². The van der Waals surface area contributed by atoms with Gasteiger partial charge >= 0.3 is 0 Å². The average molecular weight is 351 g/mol. The molecule has 3 heteroatoms. The highest BCUT2D eigenvalue weighted by Crippen LogP contribution is 3.81. The molecule has 13 rings (SSSR count). The molecule has 0 aromatic heterocycles. The predicted octanol–water partition coefficient (Wildman–Crippen LogP) is 2.64. The number of anilines is 1. The summed E-state index contributed by atoms with van der Waals surface area (Å²) in [6, 6.07) is 9.82. The summed E-state index contributed by atoms with van der Waals surface area (Å²) in [6.07, 6.45) is 2.95. The summed E-state index contributed by atoms with van der Waals surface area (Å²) in [7, 11) is 1.25. The van der Waals surface area contributed by atoms with Crippen LogP contribution in [0.4, 0.5) is 5.69 Å². The monoisotopic (exact) mass is 351 g/mol. The van der Waals surface area contributed by atoms with Gasteiger partial charge in [0.1, 0.15) is 0 Å². The van der Waals surface area contributed by atoms with Crippen molar-refractivity contribution in [3.8, 4) is 0 Å². The maximum atomic E-state index is 12.1. The van der Waals surface area contributed by atoms with Crippen molar-refractivity contribution in [3.05, 3.63) is 30.3 Å². The number of carbonyl (C=O) groups excluding carboxylic acids is 1. The number of nitrogens with one attached hydrogen (secondary N) is 1. The van der Waals surface area contributed by atoms with Crippen LogP contribution in [0, 0.1) is 71.9 Å². The third-order valence-corrected chi connectivity index (χ3v) is 15.3. The Balaban J connectivity index is 0.780. The molecule has 0 radical (unpaired) electrons. The van der Waals surface area contributed by atoms with E-state index in [9.17, 15) is 4.79 Å². The Morgan fingerprint density at radius 1 is 1.08 bits per heavy atom. The van der Waals surface area contributed by atoms with Gasteiger partial charge in [-0.15, -0.1) is 0 Å². The molecule has 26 heavy (non-hydrogen) atoms. The number of hydrogen-bond donors (Lipinski definition) is 1. The van der Waals surface area contributed by atoms with Gasteiger partial charge in [0.15, 0.2) is 0 Å². The standard InChI is InChI=1S/C23H14NOP/c25-12(24-9-4-2-1-3-5-9)8-26-7-10-13-15(10)17(13)19(15)21(17)22-18-14-6-11(14)16(14,18)20(18,22)23(19,21)22/h1-5,8,10-11,13H,6-7H2,(H,24,25). The van der Waals surface area contributed by atoms with Gasteiger partial charge in [0.25, 0.3) is 5.91 Å². The minimum atomic E-state index is 0.0708. The van der Waals surface area contributed by atoms with E-state index in [-0.39, 0.29) is 5.91 Å². The molecule has 1 aromatic carbocycles. The first-order valence-corrected chi connectivity index (χ1v) is 11.8. The van der Waals surface area contributed by atoms with Crippen LogP contribution < -0.4 is 5.32 Å². The van der Waals surface area contributed by atoms with Crippen molar-refractivity contribution in [2.75, 3.05) is 11.5 Å². The molecule has 13 unspecified atom stereocenters. The van der Waals surface area contributed by atoms with Crippen molar-refractivity contribution in [1.82, 2.24) is 0 Å². The van der Waals surface area contributed by atoms with E-state index in [0.29, 0.717) is 0 Å². The molecular formula is C23H14NOP. The molecule has 12 aliphatic carbocycles. The molecule has 1 amide bonds. The molecule has 12 fully saturated rings. The van der Waals surface area contributed by atoms with E-state index in [1.54, 1.807) is 6.42 Å². The molecule has 13 atom stereocenters. The van der Waals surface area contributed by atoms with Gasteiger partial charge < -0.3 is 5.32 Å². The third-order valence-electron chi connectivity index (χ3n) is 14.3. The van der Waals surface area contributed by atoms with Crippen LogP contribution in [-0.4, -0.2) is 17.9 Å². The van der Waals surface area contributed by atoms with E-state index >= 15 is 0 Å². The van der Waals surface area contributed by atoms with Crippen LogP contribution in [0.2, 0.25) is 0 Å². The van der Waals surface area contributed by atoms with E-state index in [4.69, 9.17) is 0 Å². The highest BCUT2D eigenvalue weighted by atomic mass is 31.1. The van der Waals surface area contributed by atoms with Crippen LogP contribution in [-0.2, 0) is 4.79 Å². The lowest BCUT2D eigenvalue weighted by Crippen LogP contribution is -2.16. The second-order valence-electron chi connectivity index (χ2n) is 12.1. The van der Waals surface area contributed by atoms with Crippen molar-refractivity contribution >= 4 is 25.6 Å². The Labute approximate surface area is 150 Å². The normalized spacial score (nSPS) is 92.2. The first-order chi connectivity index (χ1) is 12.8. The van der Waals surface area contributed by atoms with Gasteiger partial charge in [-0.1, -0.05) is 26.4 Å². The van der Waals surface area contributed by atoms with Crippen molar-refractivity contribution in [2.45, 2.75) is 6.42 Å². The summed E-state index contributed by atoms with van der Waals surface area (Å²) in [5, 5.41) is 2.98. The first kappa shape index (κ1) is 10.4. The summed E-state index contributed by atoms with van der Waals surface area (Å²) in [4.78, 5) is 12.1. The van der Waals surface area contributed by atoms with Crippen molar-refractivity contribution in [2.24, 2.45) is 71.9 Å². The van der Waals surface area contributed by atoms with Crippen molar-refractivity contribution in [1.29, 1.82) is 0 Å². The molecule has 0 aliphatic heterocycles. The molecular weight excluding hydrogens is 337 g/mol. The number of para-hydroxylation sites is 1. The zero-order chi connectivity index (χ0) is 16.0. The van der Waals surface area contributed by atoms with Gasteiger partial charge in [-0.2, -0.15) is 0 Å². The lowest BCUT2D eigenvalue weighted by molar-refractivity contribution is -0.109. The van der Waals surface area contributed by atoms with Crippen LogP contribution in [0.3, 0.4) is 0 Å². The fourth-order valence-electron chi connectivity index (χ4n) is 15.8. The van der Waals surface area contributed by atoms with Gasteiger partial charge in [0.05, 0.1) is 0 Å². The first-order valence-electron chi connectivity index (χ1n) is 10.7. The highest BCUT2D eigenvalue weighted by Gasteiger charge is 3.81. The Morgan fingerprint density at radius 3 is 2.69 bits per heavy atom. The Kier molecular flexibility index (Phi) is 0.710. The van der Waals surface area contributed by atoms with Crippen molar-refractivity contribution < 1.29 is 4.79 Å². The summed E-state index contributed by atoms with van der Waals surface area (Å²) < 4.78 is 0. The molecule has 12 saturated carbocycles. The topological polar surface area (TPSA) is 29.1 Å². The zero-order valence-electron chi connectivity index (χ0n) is 14.0. The fourth-order valence-corrected chi connectivity index (χ4v) is 16.8. The molecule has 0 bridgehead atoms. The summed E-state index contributed by atoms with van der Waals surface area (Å²) in [5.41, 5.74) is 11.4. The average Bonchev–Trinajstić information content (AvgIpc) is 3.36. The molecule has 2 nitrogen and oxygen atoms in total. The molecule has 1 N–H and O–H groups in total. The number of carbonyl (C=O) groups is 1. The van der Waals surface area contributed by atoms with Gasteiger partial charge in [-0.3, -0.25) is 4.79 Å². The third kappa shape index (κ3) is 0.320. The fraction of sp³-hybridized carbons (Fsp3) is 0.652. The number of rotatable bonds is 4. The minimum absolute atomic E-state index is 0.0708. The second-order valence-corrected chi connectivity index (χ2v) is 13.1. The van der Waals surface area contributed by atoms with E-state index in [0.717, 1.165) is 71.7 Å². The van der Waals surface area contributed by atoms with Gasteiger partial charge in [0.2, 0.25) is 0 Å². The van der Waals surface area contributed by atoms with Crippen LogP contribution in [0.5, 0.6) is 0 Å². The highest BCUT2D eigenvalue weighted by molar-refractivity contribution is 7.41. The maximum Gasteiger partial charge on any atom is 0.252 e. The van der Waals surface area contributed by atoms with Crippen molar-refractivity contribution in [3.63, 3.8) is 0 Å². The van der Waals surface area contributed by atoms with E-state index in [1.807, 2.05) is 36.1 Å². The zero-order valence-corrected chi connectivity index (χ0v) is 14.9. The van der Waals surface area contributed by atoms with Gasteiger partial charge in [0, 0.05) is 11.5 Å². The second kappa shape index (κ2) is 1.77. The van der Waals surface area contributed by atoms with E-state index in [1.165, 1.54) is 20.3 Å². The molecule has 1 aromatic rings. The molecule has 12 aliphatic rings. The summed E-state index contributed by atoms with van der Waals surface area (Å²) in [6.45, 7) is 0. The lowest BCUT2D eigenvalue weighted by atomic mass is 9.87. The molecule has 0 heterocycles. The SMILES string of the molecule is O=C(C=PCC1C2C13C21C32C13C14C56C78CC7C85C61C234)Nc1ccccc1.